The van der Waals surface area contributed by atoms with Crippen LogP contribution in [0.3, 0.4) is 0 Å². The Balaban J connectivity index is 1.25. The second kappa shape index (κ2) is 10.0. The molecule has 0 saturated carbocycles. The molecular weight excluding hydrogens is 625 g/mol. The molecule has 4 nitrogen and oxygen atoms in total. The van der Waals surface area contributed by atoms with Crippen molar-refractivity contribution in [1.29, 1.82) is 0 Å². The maximum absolute atomic E-state index is 7.12. The van der Waals surface area contributed by atoms with Crippen molar-refractivity contribution < 1.29 is 14.2 Å². The molecule has 5 aliphatic rings. The third kappa shape index (κ3) is 4.39. The van der Waals surface area contributed by atoms with Crippen molar-refractivity contribution in [3.8, 4) is 34.5 Å². The van der Waals surface area contributed by atoms with Crippen LogP contribution in [-0.4, -0.2) is 6.71 Å². The Hall–Kier alpha value is -4.64. The van der Waals surface area contributed by atoms with Gasteiger partial charge in [0.15, 0.2) is 11.5 Å². The lowest BCUT2D eigenvalue weighted by atomic mass is 9.34. The molecule has 0 bridgehead atoms. The van der Waals surface area contributed by atoms with Gasteiger partial charge in [-0.3, -0.25) is 0 Å². The van der Waals surface area contributed by atoms with Crippen LogP contribution in [-0.2, 0) is 21.7 Å². The second-order valence-corrected chi connectivity index (χ2v) is 18.3. The summed E-state index contributed by atoms with van der Waals surface area (Å²) in [4.78, 5) is 2.29. The summed E-state index contributed by atoms with van der Waals surface area (Å²) >= 11 is 0. The summed E-state index contributed by atoms with van der Waals surface area (Å²) < 4.78 is 20.6. The van der Waals surface area contributed by atoms with Crippen LogP contribution in [0.5, 0.6) is 34.5 Å². The Morgan fingerprint density at radius 1 is 0.451 bits per heavy atom. The van der Waals surface area contributed by atoms with E-state index in [-0.39, 0.29) is 28.4 Å². The van der Waals surface area contributed by atoms with Crippen molar-refractivity contribution >= 4 is 40.2 Å². The highest BCUT2D eigenvalue weighted by Crippen LogP contribution is 2.54. The van der Waals surface area contributed by atoms with Gasteiger partial charge in [-0.25, -0.2) is 0 Å². The van der Waals surface area contributed by atoms with Gasteiger partial charge in [0.25, 0.3) is 6.71 Å². The van der Waals surface area contributed by atoms with E-state index in [1.165, 1.54) is 46.0 Å². The minimum Gasteiger partial charge on any atom is -0.458 e. The third-order valence-electron chi connectivity index (χ3n) is 13.1. The number of benzene rings is 5. The largest absolute Gasteiger partial charge is 0.458 e. The molecule has 51 heavy (non-hydrogen) atoms. The van der Waals surface area contributed by atoms with Crippen LogP contribution in [0, 0.1) is 0 Å². The molecule has 0 fully saturated rings. The standard InChI is InChI=1S/C46H46BNO3/c1-43(2)17-19-45(5,6)30-25-38-32(23-28(30)43)47-33-24-29-31(46(7,8)20-18-44(29,3)4)26-39(33)51-41-22-27(21-40(50-38)42(41)47)48-34-13-9-11-15-36(34)49-37-16-12-10-14-35(37)48/h9-16,21-26H,17-20H2,1-8H3. The molecule has 5 aromatic carbocycles. The van der Waals surface area contributed by atoms with Gasteiger partial charge in [-0.15, -0.1) is 0 Å². The van der Waals surface area contributed by atoms with Crippen LogP contribution in [0.25, 0.3) is 0 Å². The highest BCUT2D eigenvalue weighted by molar-refractivity contribution is 6.98. The van der Waals surface area contributed by atoms with E-state index >= 15 is 0 Å². The second-order valence-electron chi connectivity index (χ2n) is 18.3. The van der Waals surface area contributed by atoms with Crippen molar-refractivity contribution in [3.63, 3.8) is 0 Å². The normalized spacial score (nSPS) is 20.1. The highest BCUT2D eigenvalue weighted by atomic mass is 16.5. The van der Waals surface area contributed by atoms with Gasteiger partial charge in [0.05, 0.1) is 17.1 Å². The number of hydrogen-bond acceptors (Lipinski definition) is 4. The summed E-state index contributed by atoms with van der Waals surface area (Å²) in [5.41, 5.74) is 12.6. The highest BCUT2D eigenvalue weighted by Gasteiger charge is 2.47. The molecule has 5 aromatic rings. The van der Waals surface area contributed by atoms with Crippen molar-refractivity contribution in [3.05, 3.63) is 107 Å². The average Bonchev–Trinajstić information content (AvgIpc) is 3.10. The molecule has 0 amide bonds. The zero-order valence-electron chi connectivity index (χ0n) is 31.2. The molecule has 256 valence electrons. The fourth-order valence-corrected chi connectivity index (χ4v) is 9.72. The topological polar surface area (TPSA) is 30.9 Å². The fourth-order valence-electron chi connectivity index (χ4n) is 9.72. The summed E-state index contributed by atoms with van der Waals surface area (Å²) in [5.74, 6) is 5.30. The van der Waals surface area contributed by atoms with Gasteiger partial charge in [-0.2, -0.15) is 0 Å². The van der Waals surface area contributed by atoms with Crippen molar-refractivity contribution in [2.24, 2.45) is 0 Å². The smallest absolute Gasteiger partial charge is 0.260 e. The van der Waals surface area contributed by atoms with E-state index in [1.54, 1.807) is 0 Å². The van der Waals surface area contributed by atoms with E-state index in [9.17, 15) is 0 Å². The van der Waals surface area contributed by atoms with Crippen LogP contribution in [0.4, 0.5) is 17.1 Å². The third-order valence-corrected chi connectivity index (χ3v) is 13.1. The quantitative estimate of drug-likeness (QED) is 0.163. The van der Waals surface area contributed by atoms with E-state index in [1.807, 2.05) is 24.3 Å². The summed E-state index contributed by atoms with van der Waals surface area (Å²) in [6.07, 6.45) is 4.65. The van der Waals surface area contributed by atoms with Crippen LogP contribution in [0.1, 0.15) is 103 Å². The van der Waals surface area contributed by atoms with Crippen LogP contribution in [0.15, 0.2) is 84.9 Å². The molecule has 0 radical (unpaired) electrons. The molecule has 10 rings (SSSR count). The SMILES string of the molecule is CC1(C)CCC(C)(C)c2cc3c(cc21)Oc1cc(N2c4ccccc4Oc4ccccc42)cc2c1B3c1cc3c(cc1O2)C(C)(C)CCC3(C)C. The van der Waals surface area contributed by atoms with E-state index < -0.39 is 0 Å². The lowest BCUT2D eigenvalue weighted by Crippen LogP contribution is -2.58. The van der Waals surface area contributed by atoms with E-state index in [0.717, 1.165) is 69.9 Å². The number of ether oxygens (including phenoxy) is 3. The molecule has 0 spiro atoms. The molecule has 2 aliphatic carbocycles. The van der Waals surface area contributed by atoms with E-state index in [4.69, 9.17) is 14.2 Å². The maximum atomic E-state index is 7.12. The Labute approximate surface area is 302 Å². The first kappa shape index (κ1) is 31.1. The first-order valence-electron chi connectivity index (χ1n) is 18.8. The van der Waals surface area contributed by atoms with Gasteiger partial charge in [-0.1, -0.05) is 91.8 Å². The maximum Gasteiger partial charge on any atom is 0.260 e. The van der Waals surface area contributed by atoms with Gasteiger partial charge in [-0.05, 0) is 117 Å². The summed E-state index contributed by atoms with van der Waals surface area (Å²) in [7, 11) is 0. The minimum absolute atomic E-state index is 0.00177. The molecule has 0 saturated heterocycles. The van der Waals surface area contributed by atoms with Crippen LogP contribution in [0.2, 0.25) is 0 Å². The minimum atomic E-state index is -0.00177. The van der Waals surface area contributed by atoms with Gasteiger partial charge in [0.2, 0.25) is 0 Å². The summed E-state index contributed by atoms with van der Waals surface area (Å²) in [6.45, 7) is 19.2. The monoisotopic (exact) mass is 671 g/mol. The van der Waals surface area contributed by atoms with Crippen molar-refractivity contribution in [2.45, 2.75) is 103 Å². The van der Waals surface area contributed by atoms with Gasteiger partial charge >= 0.3 is 0 Å². The fraction of sp³-hybridized carbons (Fsp3) is 0.348. The molecule has 0 N–H and O–H groups in total. The zero-order valence-corrected chi connectivity index (χ0v) is 31.2. The number of rotatable bonds is 1. The van der Waals surface area contributed by atoms with E-state index in [2.05, 4.69) is 121 Å². The van der Waals surface area contributed by atoms with Crippen molar-refractivity contribution in [1.82, 2.24) is 0 Å². The van der Waals surface area contributed by atoms with Gasteiger partial charge < -0.3 is 19.1 Å². The molecule has 0 aromatic heterocycles. The summed E-state index contributed by atoms with van der Waals surface area (Å²) in [6, 6.07) is 30.8. The number of nitrogens with zero attached hydrogens (tertiary/aromatic N) is 1. The predicted octanol–water partition coefficient (Wildman–Crippen LogP) is 10.7. The molecule has 3 heterocycles. The lowest BCUT2D eigenvalue weighted by Gasteiger charge is -2.45. The number of anilines is 3. The molecular formula is C46H46BNO3. The van der Waals surface area contributed by atoms with Gasteiger partial charge in [0, 0.05) is 17.6 Å². The Morgan fingerprint density at radius 2 is 0.824 bits per heavy atom. The number of para-hydroxylation sites is 4. The zero-order chi connectivity index (χ0) is 35.2. The Morgan fingerprint density at radius 3 is 1.25 bits per heavy atom. The van der Waals surface area contributed by atoms with E-state index in [0.29, 0.717) is 0 Å². The van der Waals surface area contributed by atoms with Gasteiger partial charge in [0.1, 0.15) is 23.0 Å². The Bertz CT molecular complexity index is 2180. The van der Waals surface area contributed by atoms with Crippen LogP contribution >= 0.6 is 0 Å². The first-order valence-corrected chi connectivity index (χ1v) is 18.8. The predicted molar refractivity (Wildman–Crippen MR) is 209 cm³/mol. The van der Waals surface area contributed by atoms with Crippen molar-refractivity contribution in [2.75, 3.05) is 4.90 Å². The molecule has 0 unspecified atom stereocenters. The lowest BCUT2D eigenvalue weighted by molar-refractivity contribution is 0.330. The molecule has 0 atom stereocenters. The summed E-state index contributed by atoms with van der Waals surface area (Å²) in [5, 5.41) is 0. The number of hydrogen-bond donors (Lipinski definition) is 0. The van der Waals surface area contributed by atoms with Crippen LogP contribution < -0.4 is 35.5 Å². The molecule has 3 aliphatic heterocycles. The molecule has 5 heteroatoms. The Kier molecular flexibility index (Phi) is 6.12. The number of fused-ring (bicyclic) bond motifs is 8. The first-order chi connectivity index (χ1) is 24.2. The average molecular weight is 672 g/mol.